The average Bonchev–Trinajstić information content (AvgIpc) is 2.27. The summed E-state index contributed by atoms with van der Waals surface area (Å²) in [5, 5.41) is 9.41. The van der Waals surface area contributed by atoms with E-state index in [1.165, 1.54) is 0 Å². The van der Waals surface area contributed by atoms with E-state index in [9.17, 15) is 5.11 Å². The van der Waals surface area contributed by atoms with Crippen molar-refractivity contribution in [1.29, 1.82) is 0 Å². The molecule has 0 bridgehead atoms. The zero-order valence-corrected chi connectivity index (χ0v) is 11.5. The van der Waals surface area contributed by atoms with Crippen LogP contribution in [0.15, 0.2) is 18.3 Å². The predicted octanol–water partition coefficient (Wildman–Crippen LogP) is 3.01. The number of pyridine rings is 1. The SMILES string of the molecule is CC(C)CC(C)N(C)c1ccc([C@H](C)O)nc1. The maximum atomic E-state index is 9.41. The van der Waals surface area contributed by atoms with Crippen LogP contribution < -0.4 is 4.90 Å². The first-order chi connectivity index (χ1) is 7.91. The zero-order chi connectivity index (χ0) is 13.0. The lowest BCUT2D eigenvalue weighted by Crippen LogP contribution is -2.30. The summed E-state index contributed by atoms with van der Waals surface area (Å²) >= 11 is 0. The fraction of sp³-hybridized carbons (Fsp3) is 0.643. The second-order valence-electron chi connectivity index (χ2n) is 5.21. The van der Waals surface area contributed by atoms with Gasteiger partial charge in [-0.3, -0.25) is 4.98 Å². The standard InChI is InChI=1S/C14H24N2O/c1-10(2)8-11(3)16(5)13-6-7-14(12(4)17)15-9-13/h6-7,9-12,17H,8H2,1-5H3/t11?,12-/m0/s1. The molecule has 2 atom stereocenters. The number of aliphatic hydroxyl groups excluding tert-OH is 1. The number of anilines is 1. The van der Waals surface area contributed by atoms with E-state index >= 15 is 0 Å². The lowest BCUT2D eigenvalue weighted by molar-refractivity contribution is 0.194. The summed E-state index contributed by atoms with van der Waals surface area (Å²) in [6.07, 6.45) is 2.50. The van der Waals surface area contributed by atoms with E-state index in [-0.39, 0.29) is 0 Å². The second-order valence-corrected chi connectivity index (χ2v) is 5.21. The minimum absolute atomic E-state index is 0.495. The second kappa shape index (κ2) is 6.01. The highest BCUT2D eigenvalue weighted by Gasteiger charge is 2.12. The van der Waals surface area contributed by atoms with Gasteiger partial charge in [0.15, 0.2) is 0 Å². The Morgan fingerprint density at radius 1 is 1.24 bits per heavy atom. The van der Waals surface area contributed by atoms with Crippen molar-refractivity contribution in [3.8, 4) is 0 Å². The Bertz CT molecular complexity index is 333. The number of aliphatic hydroxyl groups is 1. The number of hydrogen-bond acceptors (Lipinski definition) is 3. The van der Waals surface area contributed by atoms with Crippen LogP contribution in [0.1, 0.15) is 45.9 Å². The van der Waals surface area contributed by atoms with Crippen LogP contribution in [0.25, 0.3) is 0 Å². The molecular formula is C14H24N2O. The van der Waals surface area contributed by atoms with Crippen molar-refractivity contribution >= 4 is 5.69 Å². The monoisotopic (exact) mass is 236 g/mol. The highest BCUT2D eigenvalue weighted by atomic mass is 16.3. The van der Waals surface area contributed by atoms with Crippen molar-refractivity contribution in [1.82, 2.24) is 4.98 Å². The summed E-state index contributed by atoms with van der Waals surface area (Å²) in [6, 6.07) is 4.40. The largest absolute Gasteiger partial charge is 0.387 e. The molecule has 0 saturated carbocycles. The fourth-order valence-electron chi connectivity index (χ4n) is 1.95. The lowest BCUT2D eigenvalue weighted by atomic mass is 10.0. The molecule has 1 unspecified atom stereocenters. The third-order valence-electron chi connectivity index (χ3n) is 3.08. The average molecular weight is 236 g/mol. The highest BCUT2D eigenvalue weighted by Crippen LogP contribution is 2.19. The van der Waals surface area contributed by atoms with Gasteiger partial charge in [0.05, 0.1) is 23.7 Å². The Hall–Kier alpha value is -1.09. The molecule has 3 nitrogen and oxygen atoms in total. The van der Waals surface area contributed by atoms with Gasteiger partial charge >= 0.3 is 0 Å². The Balaban J connectivity index is 2.72. The van der Waals surface area contributed by atoms with Gasteiger partial charge in [0.25, 0.3) is 0 Å². The Morgan fingerprint density at radius 2 is 1.88 bits per heavy atom. The first kappa shape index (κ1) is 14.0. The van der Waals surface area contributed by atoms with E-state index in [1.807, 2.05) is 18.3 Å². The van der Waals surface area contributed by atoms with Gasteiger partial charge in [-0.05, 0) is 38.3 Å². The maximum Gasteiger partial charge on any atom is 0.0931 e. The molecule has 0 aliphatic rings. The fourth-order valence-corrected chi connectivity index (χ4v) is 1.95. The predicted molar refractivity (Wildman–Crippen MR) is 72.2 cm³/mol. The summed E-state index contributed by atoms with van der Waals surface area (Å²) in [7, 11) is 2.09. The highest BCUT2D eigenvalue weighted by molar-refractivity contribution is 5.44. The van der Waals surface area contributed by atoms with E-state index in [4.69, 9.17) is 0 Å². The molecule has 0 amide bonds. The maximum absolute atomic E-state index is 9.41. The van der Waals surface area contributed by atoms with Gasteiger partial charge in [-0.25, -0.2) is 0 Å². The van der Waals surface area contributed by atoms with Crippen molar-refractivity contribution in [2.45, 2.75) is 46.3 Å². The summed E-state index contributed by atoms with van der Waals surface area (Å²) in [5.74, 6) is 0.692. The topological polar surface area (TPSA) is 36.4 Å². The molecule has 0 aromatic carbocycles. The van der Waals surface area contributed by atoms with Crippen molar-refractivity contribution in [2.75, 3.05) is 11.9 Å². The summed E-state index contributed by atoms with van der Waals surface area (Å²) in [6.45, 7) is 8.42. The molecule has 1 heterocycles. The van der Waals surface area contributed by atoms with E-state index in [1.54, 1.807) is 6.92 Å². The number of nitrogens with zero attached hydrogens (tertiary/aromatic N) is 2. The Morgan fingerprint density at radius 3 is 2.29 bits per heavy atom. The van der Waals surface area contributed by atoms with E-state index in [0.717, 1.165) is 17.8 Å². The van der Waals surface area contributed by atoms with Gasteiger partial charge in [0.1, 0.15) is 0 Å². The van der Waals surface area contributed by atoms with Crippen molar-refractivity contribution in [2.24, 2.45) is 5.92 Å². The minimum atomic E-state index is -0.498. The number of rotatable bonds is 5. The third kappa shape index (κ3) is 4.00. The molecule has 1 rings (SSSR count). The Labute approximate surface area is 104 Å². The van der Waals surface area contributed by atoms with Crippen LogP contribution in [0.4, 0.5) is 5.69 Å². The molecule has 0 fully saturated rings. The normalized spacial score (nSPS) is 14.8. The van der Waals surface area contributed by atoms with Crippen LogP contribution in [0, 0.1) is 5.92 Å². The minimum Gasteiger partial charge on any atom is -0.387 e. The van der Waals surface area contributed by atoms with Crippen LogP contribution >= 0.6 is 0 Å². The Kier molecular flexibility index (Phi) is 4.94. The van der Waals surface area contributed by atoms with Crippen molar-refractivity contribution < 1.29 is 5.11 Å². The van der Waals surface area contributed by atoms with E-state index in [2.05, 4.69) is 37.7 Å². The van der Waals surface area contributed by atoms with Gasteiger partial charge in [-0.15, -0.1) is 0 Å². The smallest absolute Gasteiger partial charge is 0.0931 e. The first-order valence-corrected chi connectivity index (χ1v) is 6.28. The van der Waals surface area contributed by atoms with Gasteiger partial charge in [0, 0.05) is 13.1 Å². The van der Waals surface area contributed by atoms with Gasteiger partial charge in [-0.2, -0.15) is 0 Å². The van der Waals surface area contributed by atoms with Crippen LogP contribution in [-0.4, -0.2) is 23.2 Å². The summed E-state index contributed by atoms with van der Waals surface area (Å²) < 4.78 is 0. The molecule has 3 heteroatoms. The van der Waals surface area contributed by atoms with E-state index in [0.29, 0.717) is 12.0 Å². The van der Waals surface area contributed by atoms with Gasteiger partial charge in [-0.1, -0.05) is 13.8 Å². The first-order valence-electron chi connectivity index (χ1n) is 6.28. The van der Waals surface area contributed by atoms with Crippen LogP contribution in [0.5, 0.6) is 0 Å². The molecular weight excluding hydrogens is 212 g/mol. The van der Waals surface area contributed by atoms with Crippen molar-refractivity contribution in [3.05, 3.63) is 24.0 Å². The van der Waals surface area contributed by atoms with Crippen LogP contribution in [0.3, 0.4) is 0 Å². The van der Waals surface area contributed by atoms with Crippen LogP contribution in [0.2, 0.25) is 0 Å². The van der Waals surface area contributed by atoms with Gasteiger partial charge < -0.3 is 10.0 Å². The molecule has 96 valence electrons. The summed E-state index contributed by atoms with van der Waals surface area (Å²) in [5.41, 5.74) is 1.82. The molecule has 0 aliphatic heterocycles. The lowest BCUT2D eigenvalue weighted by Gasteiger charge is -2.28. The molecule has 1 aromatic rings. The van der Waals surface area contributed by atoms with E-state index < -0.39 is 6.10 Å². The molecule has 1 aromatic heterocycles. The summed E-state index contributed by atoms with van der Waals surface area (Å²) in [4.78, 5) is 6.50. The number of hydrogen-bond donors (Lipinski definition) is 1. The number of aromatic nitrogens is 1. The molecule has 0 radical (unpaired) electrons. The molecule has 1 N–H and O–H groups in total. The van der Waals surface area contributed by atoms with Crippen LogP contribution in [-0.2, 0) is 0 Å². The third-order valence-corrected chi connectivity index (χ3v) is 3.08. The van der Waals surface area contributed by atoms with Crippen molar-refractivity contribution in [3.63, 3.8) is 0 Å². The molecule has 0 saturated heterocycles. The van der Waals surface area contributed by atoms with Gasteiger partial charge in [0.2, 0.25) is 0 Å². The molecule has 17 heavy (non-hydrogen) atoms. The molecule has 0 spiro atoms. The quantitative estimate of drug-likeness (QED) is 0.853. The zero-order valence-electron chi connectivity index (χ0n) is 11.5. The molecule has 0 aliphatic carbocycles.